The lowest BCUT2D eigenvalue weighted by Gasteiger charge is -2.32. The maximum absolute atomic E-state index is 6.71. The first-order chi connectivity index (χ1) is 36.7. The summed E-state index contributed by atoms with van der Waals surface area (Å²) in [4.78, 5) is 2.44. The topological polar surface area (TPSA) is 21.3 Å². The Hall–Kier alpha value is -9.70. The molecule has 0 fully saturated rings. The molecule has 14 aromatic rings. The highest BCUT2D eigenvalue weighted by Gasteiger charge is 2.51. The van der Waals surface area contributed by atoms with E-state index in [1.165, 1.54) is 71.7 Å². The average molecular weight is 941 g/mol. The number of para-hydroxylation sites is 2. The summed E-state index contributed by atoms with van der Waals surface area (Å²) >= 11 is 0. The molecule has 0 saturated heterocycles. The standard InChI is InChI=1S/C71H44N2O/c1-2-20-54-46(15-1)33-39-62-61-38-34-49(43-69(61)74-70(54)62)48-17-14-18-51(42-48)72(50-35-31-45(32-36-50)47-16-13-19-52(41-47)73-67-29-11-6-24-59(67)60-25-7-12-30-68(60)73)53-37-40-58-57-23-5-10-28-65(57)71(66(58)44-53)63-26-8-3-21-55(63)56-22-4-9-27-64(56)71/h1-44H. The Morgan fingerprint density at radius 3 is 1.54 bits per heavy atom. The monoisotopic (exact) mass is 940 g/mol. The predicted molar refractivity (Wildman–Crippen MR) is 307 cm³/mol. The number of nitrogens with zero attached hydrogens (tertiary/aromatic N) is 2. The van der Waals surface area contributed by atoms with E-state index >= 15 is 0 Å². The maximum atomic E-state index is 6.71. The van der Waals surface area contributed by atoms with Crippen molar-refractivity contribution in [1.82, 2.24) is 4.57 Å². The van der Waals surface area contributed by atoms with Gasteiger partial charge in [0.1, 0.15) is 11.2 Å². The van der Waals surface area contributed by atoms with Crippen LogP contribution in [0.3, 0.4) is 0 Å². The van der Waals surface area contributed by atoms with E-state index in [-0.39, 0.29) is 0 Å². The van der Waals surface area contributed by atoms with Crippen molar-refractivity contribution < 1.29 is 4.42 Å². The molecular weight excluding hydrogens is 897 g/mol. The van der Waals surface area contributed by atoms with Gasteiger partial charge in [-0.15, -0.1) is 0 Å². The summed E-state index contributed by atoms with van der Waals surface area (Å²) in [7, 11) is 0. The molecule has 0 atom stereocenters. The summed E-state index contributed by atoms with van der Waals surface area (Å²) in [6, 6.07) is 98.4. The van der Waals surface area contributed by atoms with E-state index in [0.29, 0.717) is 0 Å². The Bertz CT molecular complexity index is 4510. The van der Waals surface area contributed by atoms with Crippen LogP contribution in [0.15, 0.2) is 271 Å². The first-order valence-corrected chi connectivity index (χ1v) is 25.6. The van der Waals surface area contributed by atoms with Gasteiger partial charge in [-0.2, -0.15) is 0 Å². The van der Waals surface area contributed by atoms with Gasteiger partial charge in [-0.3, -0.25) is 0 Å². The number of furan rings is 1. The molecule has 3 heteroatoms. The Morgan fingerprint density at radius 1 is 0.311 bits per heavy atom. The van der Waals surface area contributed by atoms with E-state index in [9.17, 15) is 0 Å². The second-order valence-corrected chi connectivity index (χ2v) is 19.9. The minimum absolute atomic E-state index is 0.471. The normalized spacial score (nSPS) is 13.0. The highest BCUT2D eigenvalue weighted by Crippen LogP contribution is 2.63. The largest absolute Gasteiger partial charge is 0.455 e. The second-order valence-electron chi connectivity index (χ2n) is 19.9. The van der Waals surface area contributed by atoms with Gasteiger partial charge >= 0.3 is 0 Å². The number of anilines is 3. The highest BCUT2D eigenvalue weighted by atomic mass is 16.3. The van der Waals surface area contributed by atoms with Gasteiger partial charge in [-0.1, -0.05) is 188 Å². The molecule has 0 saturated carbocycles. The van der Waals surface area contributed by atoms with Crippen molar-refractivity contribution in [1.29, 1.82) is 0 Å². The minimum atomic E-state index is -0.471. The van der Waals surface area contributed by atoms with Gasteiger partial charge in [0.25, 0.3) is 0 Å². The van der Waals surface area contributed by atoms with Gasteiger partial charge in [0.05, 0.1) is 16.4 Å². The molecule has 12 aromatic carbocycles. The lowest BCUT2D eigenvalue weighted by molar-refractivity contribution is 0.673. The molecule has 2 heterocycles. The predicted octanol–water partition coefficient (Wildman–Crippen LogP) is 19.0. The van der Waals surface area contributed by atoms with E-state index in [0.717, 1.165) is 72.3 Å². The molecule has 0 unspecified atom stereocenters. The molecular formula is C71H44N2O. The van der Waals surface area contributed by atoms with Crippen LogP contribution in [0.1, 0.15) is 22.3 Å². The number of benzene rings is 12. The minimum Gasteiger partial charge on any atom is -0.455 e. The lowest BCUT2D eigenvalue weighted by atomic mass is 9.70. The van der Waals surface area contributed by atoms with Crippen LogP contribution in [0.2, 0.25) is 0 Å². The first-order valence-electron chi connectivity index (χ1n) is 25.6. The van der Waals surface area contributed by atoms with Crippen molar-refractivity contribution in [2.24, 2.45) is 0 Å². The molecule has 0 amide bonds. The van der Waals surface area contributed by atoms with Gasteiger partial charge in [0, 0.05) is 49.7 Å². The summed E-state index contributed by atoms with van der Waals surface area (Å²) < 4.78 is 9.11. The zero-order valence-electron chi connectivity index (χ0n) is 40.2. The van der Waals surface area contributed by atoms with Gasteiger partial charge in [-0.05, 0) is 151 Å². The molecule has 2 aliphatic carbocycles. The fourth-order valence-electron chi connectivity index (χ4n) is 13.0. The van der Waals surface area contributed by atoms with Crippen molar-refractivity contribution in [3.8, 4) is 50.2 Å². The summed E-state index contributed by atoms with van der Waals surface area (Å²) in [6.07, 6.45) is 0. The SMILES string of the molecule is c1cc(-c2ccc3c(c2)oc2c4ccccc4ccc32)cc(N(c2ccc(-c3cccc(-n4c5ccccc5c5ccccc54)c3)cc2)c2ccc3c(c2)C2(c4ccccc4-c4ccccc42)c2ccccc2-3)c1. The van der Waals surface area contributed by atoms with Crippen molar-refractivity contribution in [3.05, 3.63) is 289 Å². The van der Waals surface area contributed by atoms with Crippen LogP contribution in [0.25, 0.3) is 105 Å². The summed E-state index contributed by atoms with van der Waals surface area (Å²) in [5.41, 5.74) is 23.1. The molecule has 3 nitrogen and oxygen atoms in total. The van der Waals surface area contributed by atoms with Crippen molar-refractivity contribution in [2.75, 3.05) is 4.90 Å². The maximum Gasteiger partial charge on any atom is 0.143 e. The van der Waals surface area contributed by atoms with Gasteiger partial charge < -0.3 is 13.9 Å². The Balaban J connectivity index is 0.861. The van der Waals surface area contributed by atoms with E-state index in [2.05, 4.69) is 276 Å². The van der Waals surface area contributed by atoms with Crippen LogP contribution in [0, 0.1) is 0 Å². The van der Waals surface area contributed by atoms with Crippen LogP contribution in [-0.4, -0.2) is 4.57 Å². The number of fused-ring (bicyclic) bond motifs is 18. The lowest BCUT2D eigenvalue weighted by Crippen LogP contribution is -2.26. The summed E-state index contributed by atoms with van der Waals surface area (Å²) in [6.45, 7) is 0. The molecule has 74 heavy (non-hydrogen) atoms. The molecule has 0 radical (unpaired) electrons. The molecule has 1 spiro atoms. The third-order valence-corrected chi connectivity index (χ3v) is 16.2. The van der Waals surface area contributed by atoms with Crippen LogP contribution in [-0.2, 0) is 5.41 Å². The number of rotatable bonds is 6. The number of hydrogen-bond donors (Lipinski definition) is 0. The second kappa shape index (κ2) is 15.6. The fourth-order valence-corrected chi connectivity index (χ4v) is 13.0. The van der Waals surface area contributed by atoms with Crippen LogP contribution < -0.4 is 4.90 Å². The molecule has 344 valence electrons. The quantitative estimate of drug-likeness (QED) is 0.166. The van der Waals surface area contributed by atoms with Crippen molar-refractivity contribution in [2.45, 2.75) is 5.41 Å². The average Bonchev–Trinajstić information content (AvgIpc) is 4.21. The van der Waals surface area contributed by atoms with E-state index in [1.54, 1.807) is 0 Å². The van der Waals surface area contributed by atoms with E-state index < -0.39 is 5.41 Å². The Kier molecular flexibility index (Phi) is 8.66. The molecule has 2 aromatic heterocycles. The Morgan fingerprint density at radius 2 is 0.838 bits per heavy atom. The van der Waals surface area contributed by atoms with Crippen LogP contribution in [0.4, 0.5) is 17.1 Å². The van der Waals surface area contributed by atoms with Gasteiger partial charge in [0.15, 0.2) is 0 Å². The first kappa shape index (κ1) is 41.0. The van der Waals surface area contributed by atoms with Crippen molar-refractivity contribution >= 4 is 71.6 Å². The van der Waals surface area contributed by atoms with E-state index in [4.69, 9.17) is 4.42 Å². The van der Waals surface area contributed by atoms with Crippen molar-refractivity contribution in [3.63, 3.8) is 0 Å². The number of hydrogen-bond acceptors (Lipinski definition) is 2. The zero-order chi connectivity index (χ0) is 48.5. The van der Waals surface area contributed by atoms with Crippen LogP contribution >= 0.6 is 0 Å². The zero-order valence-corrected chi connectivity index (χ0v) is 40.2. The van der Waals surface area contributed by atoms with Gasteiger partial charge in [-0.25, -0.2) is 0 Å². The van der Waals surface area contributed by atoms with E-state index in [1.807, 2.05) is 0 Å². The summed E-state index contributed by atoms with van der Waals surface area (Å²) in [5.74, 6) is 0. The fraction of sp³-hybridized carbons (Fsp3) is 0.0141. The Labute approximate surface area is 428 Å². The van der Waals surface area contributed by atoms with Gasteiger partial charge in [0.2, 0.25) is 0 Å². The molecule has 16 rings (SSSR count). The molecule has 2 aliphatic rings. The smallest absolute Gasteiger partial charge is 0.143 e. The molecule has 0 aliphatic heterocycles. The van der Waals surface area contributed by atoms with Crippen LogP contribution in [0.5, 0.6) is 0 Å². The summed E-state index contributed by atoms with van der Waals surface area (Å²) in [5, 5.41) is 7.08. The highest BCUT2D eigenvalue weighted by molar-refractivity contribution is 6.15. The third kappa shape index (κ3) is 5.78. The molecule has 0 N–H and O–H groups in total. The number of aromatic nitrogens is 1. The third-order valence-electron chi connectivity index (χ3n) is 16.2. The molecule has 0 bridgehead atoms.